The van der Waals surface area contributed by atoms with Crippen molar-refractivity contribution in [3.63, 3.8) is 0 Å². The third-order valence-electron chi connectivity index (χ3n) is 3.76. The number of nitrogens with zero attached hydrogens (tertiary/aromatic N) is 2. The second-order valence-electron chi connectivity index (χ2n) is 5.46. The van der Waals surface area contributed by atoms with Crippen molar-refractivity contribution >= 4 is 18.1 Å². The van der Waals surface area contributed by atoms with Gasteiger partial charge in [0.25, 0.3) is 0 Å². The minimum atomic E-state index is -0.319. The zero-order valence-corrected chi connectivity index (χ0v) is 14.6. The fraction of sp³-hybridized carbons (Fsp3) is 0.444. The molecule has 0 spiro atoms. The van der Waals surface area contributed by atoms with Gasteiger partial charge in [0.1, 0.15) is 5.75 Å². The number of benzene rings is 1. The summed E-state index contributed by atoms with van der Waals surface area (Å²) in [5, 5.41) is 0. The zero-order chi connectivity index (χ0) is 18.1. The number of hydrogen-bond acceptors (Lipinski definition) is 5. The molecule has 2 amide bonds. The number of carbonyl (C=O) groups excluding carboxylic acids is 2. The lowest BCUT2D eigenvalue weighted by Crippen LogP contribution is -2.50. The maximum Gasteiger partial charge on any atom is 0.409 e. The minimum Gasteiger partial charge on any atom is -0.468 e. The molecule has 1 heterocycles. The van der Waals surface area contributed by atoms with Gasteiger partial charge >= 0.3 is 6.09 Å². The lowest BCUT2D eigenvalue weighted by Gasteiger charge is -2.33. The van der Waals surface area contributed by atoms with Crippen LogP contribution in [0, 0.1) is 0 Å². The van der Waals surface area contributed by atoms with Crippen LogP contribution in [0.5, 0.6) is 5.75 Å². The third-order valence-corrected chi connectivity index (χ3v) is 3.76. The molecule has 25 heavy (non-hydrogen) atoms. The molecule has 7 heteroatoms. The molecule has 1 fully saturated rings. The number of ether oxygens (including phenoxy) is 3. The van der Waals surface area contributed by atoms with E-state index in [1.165, 1.54) is 0 Å². The summed E-state index contributed by atoms with van der Waals surface area (Å²) in [4.78, 5) is 27.2. The van der Waals surface area contributed by atoms with Gasteiger partial charge in [0.2, 0.25) is 5.91 Å². The molecule has 136 valence electrons. The van der Waals surface area contributed by atoms with E-state index in [1.54, 1.807) is 36.0 Å². The third kappa shape index (κ3) is 5.79. The number of carbonyl (C=O) groups is 2. The second kappa shape index (κ2) is 9.68. The van der Waals surface area contributed by atoms with Gasteiger partial charge in [-0.25, -0.2) is 4.79 Å². The van der Waals surface area contributed by atoms with Gasteiger partial charge < -0.3 is 24.0 Å². The quantitative estimate of drug-likeness (QED) is 0.581. The van der Waals surface area contributed by atoms with E-state index < -0.39 is 0 Å². The van der Waals surface area contributed by atoms with Gasteiger partial charge in [-0.2, -0.15) is 0 Å². The van der Waals surface area contributed by atoms with E-state index >= 15 is 0 Å². The fourth-order valence-corrected chi connectivity index (χ4v) is 2.40. The van der Waals surface area contributed by atoms with E-state index in [0.717, 1.165) is 5.56 Å². The highest BCUT2D eigenvalue weighted by Gasteiger charge is 2.23. The van der Waals surface area contributed by atoms with Crippen LogP contribution in [0.4, 0.5) is 4.79 Å². The highest BCUT2D eigenvalue weighted by atomic mass is 16.7. The molecule has 1 aromatic carbocycles. The molecule has 0 saturated carbocycles. The predicted molar refractivity (Wildman–Crippen MR) is 93.2 cm³/mol. The highest BCUT2D eigenvalue weighted by molar-refractivity contribution is 5.92. The molecular weight excluding hydrogens is 324 g/mol. The Morgan fingerprint density at radius 2 is 1.72 bits per heavy atom. The molecule has 1 saturated heterocycles. The largest absolute Gasteiger partial charge is 0.468 e. The molecule has 0 atom stereocenters. The molecule has 0 aliphatic carbocycles. The molecule has 1 aromatic rings. The summed E-state index contributed by atoms with van der Waals surface area (Å²) >= 11 is 0. The number of hydrogen-bond donors (Lipinski definition) is 0. The summed E-state index contributed by atoms with van der Waals surface area (Å²) in [6, 6.07) is 7.38. The average molecular weight is 348 g/mol. The average Bonchev–Trinajstić information content (AvgIpc) is 2.65. The van der Waals surface area contributed by atoms with Gasteiger partial charge in [-0.1, -0.05) is 12.1 Å². The van der Waals surface area contributed by atoms with E-state index in [-0.39, 0.29) is 18.8 Å². The first-order valence-corrected chi connectivity index (χ1v) is 8.24. The Morgan fingerprint density at radius 3 is 2.32 bits per heavy atom. The Hall–Kier alpha value is -2.54. The van der Waals surface area contributed by atoms with E-state index in [1.807, 2.05) is 24.3 Å². The van der Waals surface area contributed by atoms with Crippen LogP contribution in [0.1, 0.15) is 12.5 Å². The molecule has 0 bridgehead atoms. The molecule has 1 aliphatic rings. The smallest absolute Gasteiger partial charge is 0.409 e. The van der Waals surface area contributed by atoms with Crippen LogP contribution >= 0.6 is 0 Å². The molecule has 0 radical (unpaired) electrons. The molecule has 0 unspecified atom stereocenters. The lowest BCUT2D eigenvalue weighted by molar-refractivity contribution is -0.127. The van der Waals surface area contributed by atoms with Crippen LogP contribution in [-0.4, -0.2) is 68.5 Å². The van der Waals surface area contributed by atoms with Crippen LogP contribution in [0.3, 0.4) is 0 Å². The maximum absolute atomic E-state index is 12.2. The first-order chi connectivity index (χ1) is 12.1. The summed E-state index contributed by atoms with van der Waals surface area (Å²) in [6.07, 6.45) is 2.99. The minimum absolute atomic E-state index is 0.0665. The van der Waals surface area contributed by atoms with Gasteiger partial charge in [0.05, 0.1) is 6.61 Å². The van der Waals surface area contributed by atoms with Crippen molar-refractivity contribution in [2.75, 3.05) is 46.7 Å². The van der Waals surface area contributed by atoms with Gasteiger partial charge in [0, 0.05) is 39.4 Å². The van der Waals surface area contributed by atoms with Crippen molar-refractivity contribution in [2.24, 2.45) is 0 Å². The molecule has 7 nitrogen and oxygen atoms in total. The van der Waals surface area contributed by atoms with Gasteiger partial charge in [-0.05, 0) is 30.7 Å². The van der Waals surface area contributed by atoms with E-state index in [9.17, 15) is 9.59 Å². The predicted octanol–water partition coefficient (Wildman–Crippen LogP) is 1.98. The zero-order valence-electron chi connectivity index (χ0n) is 14.6. The van der Waals surface area contributed by atoms with E-state index in [0.29, 0.717) is 38.5 Å². The Bertz CT molecular complexity index is 592. The Morgan fingerprint density at radius 1 is 1.08 bits per heavy atom. The van der Waals surface area contributed by atoms with Crippen LogP contribution in [0.25, 0.3) is 6.08 Å². The maximum atomic E-state index is 12.2. The molecule has 0 N–H and O–H groups in total. The normalized spacial score (nSPS) is 14.6. The standard InChI is InChI=1S/C18H24N2O5/c1-3-24-18(22)20-12-10-19(11-13-20)17(21)9-6-15-4-7-16(8-5-15)25-14-23-2/h4-9H,3,10-14H2,1-2H3/b9-6+. The van der Waals surface area contributed by atoms with Crippen LogP contribution in [0.2, 0.25) is 0 Å². The number of piperazine rings is 1. The molecular formula is C18H24N2O5. The summed E-state index contributed by atoms with van der Waals surface area (Å²) in [7, 11) is 1.56. The van der Waals surface area contributed by atoms with Crippen molar-refractivity contribution < 1.29 is 23.8 Å². The van der Waals surface area contributed by atoms with Crippen molar-refractivity contribution in [2.45, 2.75) is 6.92 Å². The van der Waals surface area contributed by atoms with Crippen molar-refractivity contribution in [1.29, 1.82) is 0 Å². The second-order valence-corrected chi connectivity index (χ2v) is 5.46. The number of methoxy groups -OCH3 is 1. The summed E-state index contributed by atoms with van der Waals surface area (Å²) < 4.78 is 15.1. The van der Waals surface area contributed by atoms with Crippen molar-refractivity contribution in [3.05, 3.63) is 35.9 Å². The van der Waals surface area contributed by atoms with E-state index in [2.05, 4.69) is 0 Å². The Balaban J connectivity index is 1.82. The molecule has 1 aliphatic heterocycles. The first kappa shape index (κ1) is 18.8. The summed E-state index contributed by atoms with van der Waals surface area (Å²) in [5.74, 6) is 0.642. The van der Waals surface area contributed by atoms with Gasteiger partial charge in [0.15, 0.2) is 6.79 Å². The molecule has 2 rings (SSSR count). The van der Waals surface area contributed by atoms with Crippen LogP contribution < -0.4 is 4.74 Å². The highest BCUT2D eigenvalue weighted by Crippen LogP contribution is 2.13. The van der Waals surface area contributed by atoms with Gasteiger partial charge in [-0.15, -0.1) is 0 Å². The monoisotopic (exact) mass is 348 g/mol. The van der Waals surface area contributed by atoms with Crippen molar-refractivity contribution in [3.8, 4) is 5.75 Å². The van der Waals surface area contributed by atoms with Crippen molar-refractivity contribution in [1.82, 2.24) is 9.80 Å². The first-order valence-electron chi connectivity index (χ1n) is 8.24. The lowest BCUT2D eigenvalue weighted by atomic mass is 10.2. The van der Waals surface area contributed by atoms with E-state index in [4.69, 9.17) is 14.2 Å². The molecule has 0 aromatic heterocycles. The Labute approximate surface area is 147 Å². The summed E-state index contributed by atoms with van der Waals surface area (Å²) in [5.41, 5.74) is 0.906. The number of amides is 2. The number of rotatable bonds is 6. The fourth-order valence-electron chi connectivity index (χ4n) is 2.40. The SMILES string of the molecule is CCOC(=O)N1CCN(C(=O)/C=C/c2ccc(OCOC)cc2)CC1. The topological polar surface area (TPSA) is 68.3 Å². The Kier molecular flexibility index (Phi) is 7.28. The van der Waals surface area contributed by atoms with Gasteiger partial charge in [-0.3, -0.25) is 4.79 Å². The van der Waals surface area contributed by atoms with Crippen LogP contribution in [-0.2, 0) is 14.3 Å². The van der Waals surface area contributed by atoms with Crippen LogP contribution in [0.15, 0.2) is 30.3 Å². The summed E-state index contributed by atoms with van der Waals surface area (Å²) in [6.45, 7) is 4.33.